The molecule has 2 bridgehead atoms. The van der Waals surface area contributed by atoms with E-state index in [0.717, 1.165) is 12.8 Å². The van der Waals surface area contributed by atoms with Crippen molar-refractivity contribution in [2.75, 3.05) is 0 Å². The molecular weight excluding hydrogens is 250 g/mol. The molecule has 1 aromatic carbocycles. The maximum atomic E-state index is 12.6. The van der Waals surface area contributed by atoms with Crippen molar-refractivity contribution in [2.45, 2.75) is 47.6 Å². The minimum atomic E-state index is -3.46. The van der Waals surface area contributed by atoms with E-state index in [1.165, 1.54) is 0 Å². The summed E-state index contributed by atoms with van der Waals surface area (Å²) in [4.78, 5) is 0.303. The molecule has 18 heavy (non-hydrogen) atoms. The maximum absolute atomic E-state index is 12.6. The molecule has 3 rings (SSSR count). The van der Waals surface area contributed by atoms with Crippen LogP contribution in [0, 0.1) is 0 Å². The summed E-state index contributed by atoms with van der Waals surface area (Å²) < 4.78 is 25.2. The molecule has 2 aliphatic heterocycles. The topological polar surface area (TPSA) is 66.4 Å². The van der Waals surface area contributed by atoms with Gasteiger partial charge in [-0.1, -0.05) is 18.2 Å². The molecule has 5 heteroatoms. The van der Waals surface area contributed by atoms with E-state index in [0.29, 0.717) is 17.7 Å². The second-order valence-corrected chi connectivity index (χ2v) is 7.37. The smallest absolute Gasteiger partial charge is 0.185 e. The molecule has 0 saturated carbocycles. The minimum Gasteiger partial charge on any atom is -0.374 e. The van der Waals surface area contributed by atoms with Crippen molar-refractivity contribution in [3.8, 4) is 0 Å². The van der Waals surface area contributed by atoms with Gasteiger partial charge in [-0.05, 0) is 37.8 Å². The molecule has 0 spiro atoms. The Morgan fingerprint density at radius 1 is 1.28 bits per heavy atom. The Hall–Kier alpha value is -0.910. The number of rotatable bonds is 2. The number of benzene rings is 1. The highest BCUT2D eigenvalue weighted by atomic mass is 32.2. The molecule has 2 saturated heterocycles. The molecule has 4 nitrogen and oxygen atoms in total. The maximum Gasteiger partial charge on any atom is 0.185 e. The molecular formula is C13H17NO3S. The van der Waals surface area contributed by atoms with Crippen LogP contribution in [0.1, 0.15) is 25.7 Å². The summed E-state index contributed by atoms with van der Waals surface area (Å²) in [6.07, 6.45) is 2.85. The molecule has 2 N–H and O–H groups in total. The van der Waals surface area contributed by atoms with E-state index < -0.39 is 20.8 Å². The summed E-state index contributed by atoms with van der Waals surface area (Å²) in [6.45, 7) is 0. The Balaban J connectivity index is 2.00. The van der Waals surface area contributed by atoms with Crippen LogP contribution >= 0.6 is 0 Å². The Morgan fingerprint density at radius 3 is 2.67 bits per heavy atom. The standard InChI is InChI=1S/C13H17NO3S/c15-13-8-4-5-10(14-13)9-12(13)18(16,17)11-6-2-1-3-7-11/h1-3,6-7,10,12,14-15H,4-5,8-9H2. The molecule has 0 radical (unpaired) electrons. The second kappa shape index (κ2) is 4.05. The van der Waals surface area contributed by atoms with Gasteiger partial charge in [0.15, 0.2) is 9.84 Å². The quantitative estimate of drug-likeness (QED) is 0.841. The lowest BCUT2D eigenvalue weighted by Gasteiger charge is -2.32. The van der Waals surface area contributed by atoms with E-state index >= 15 is 0 Å². The van der Waals surface area contributed by atoms with E-state index in [2.05, 4.69) is 5.32 Å². The lowest BCUT2D eigenvalue weighted by atomic mass is 10.0. The van der Waals surface area contributed by atoms with Gasteiger partial charge in [0.1, 0.15) is 11.0 Å². The molecule has 0 aromatic heterocycles. The Bertz CT molecular complexity index is 543. The lowest BCUT2D eigenvalue weighted by Crippen LogP contribution is -2.53. The number of sulfone groups is 1. The van der Waals surface area contributed by atoms with Crippen LogP contribution in [0.25, 0.3) is 0 Å². The molecule has 2 aliphatic rings. The first-order chi connectivity index (χ1) is 8.52. The highest BCUT2D eigenvalue weighted by Crippen LogP contribution is 2.39. The Labute approximate surface area is 107 Å². The van der Waals surface area contributed by atoms with Crippen molar-refractivity contribution in [3.63, 3.8) is 0 Å². The molecule has 3 atom stereocenters. The van der Waals surface area contributed by atoms with E-state index in [4.69, 9.17) is 0 Å². The van der Waals surface area contributed by atoms with Crippen LogP contribution in [-0.4, -0.2) is 30.5 Å². The number of nitrogens with one attached hydrogen (secondary N) is 1. The number of fused-ring (bicyclic) bond motifs is 2. The van der Waals surface area contributed by atoms with E-state index in [9.17, 15) is 13.5 Å². The fraction of sp³-hybridized carbons (Fsp3) is 0.538. The number of hydrogen-bond donors (Lipinski definition) is 2. The van der Waals surface area contributed by atoms with Gasteiger partial charge in [-0.2, -0.15) is 0 Å². The molecule has 1 aromatic rings. The summed E-state index contributed by atoms with van der Waals surface area (Å²) in [7, 11) is -3.46. The first-order valence-electron chi connectivity index (χ1n) is 6.31. The Kier molecular flexibility index (Phi) is 2.73. The molecule has 0 aliphatic carbocycles. The van der Waals surface area contributed by atoms with Gasteiger partial charge in [-0.15, -0.1) is 0 Å². The minimum absolute atomic E-state index is 0.132. The summed E-state index contributed by atoms with van der Waals surface area (Å²) in [5.41, 5.74) is -1.24. The van der Waals surface area contributed by atoms with Crippen LogP contribution in [0.2, 0.25) is 0 Å². The van der Waals surface area contributed by atoms with Crippen LogP contribution < -0.4 is 5.32 Å². The molecule has 0 amide bonds. The van der Waals surface area contributed by atoms with Crippen LogP contribution in [0.15, 0.2) is 35.2 Å². The van der Waals surface area contributed by atoms with E-state index in [1.807, 2.05) is 0 Å². The van der Waals surface area contributed by atoms with Crippen molar-refractivity contribution in [3.05, 3.63) is 30.3 Å². The van der Waals surface area contributed by atoms with Crippen molar-refractivity contribution >= 4 is 9.84 Å². The average Bonchev–Trinajstić information content (AvgIpc) is 2.60. The van der Waals surface area contributed by atoms with Gasteiger partial charge in [0.2, 0.25) is 0 Å². The van der Waals surface area contributed by atoms with Crippen LogP contribution in [0.4, 0.5) is 0 Å². The van der Waals surface area contributed by atoms with Gasteiger partial charge >= 0.3 is 0 Å². The van der Waals surface area contributed by atoms with Crippen molar-refractivity contribution in [2.24, 2.45) is 0 Å². The predicted molar refractivity (Wildman–Crippen MR) is 67.8 cm³/mol. The first-order valence-corrected chi connectivity index (χ1v) is 7.86. The van der Waals surface area contributed by atoms with E-state index in [-0.39, 0.29) is 6.04 Å². The summed E-state index contributed by atoms with van der Waals surface area (Å²) in [6, 6.07) is 8.55. The van der Waals surface area contributed by atoms with Crippen LogP contribution in [-0.2, 0) is 9.84 Å². The van der Waals surface area contributed by atoms with Gasteiger partial charge < -0.3 is 5.11 Å². The van der Waals surface area contributed by atoms with Crippen LogP contribution in [0.3, 0.4) is 0 Å². The van der Waals surface area contributed by atoms with Gasteiger partial charge in [0.05, 0.1) is 4.90 Å². The largest absolute Gasteiger partial charge is 0.374 e. The fourth-order valence-corrected chi connectivity index (χ4v) is 5.21. The van der Waals surface area contributed by atoms with E-state index in [1.54, 1.807) is 30.3 Å². The third kappa shape index (κ3) is 1.77. The first kappa shape index (κ1) is 12.1. The summed E-state index contributed by atoms with van der Waals surface area (Å²) >= 11 is 0. The third-order valence-electron chi connectivity index (χ3n) is 4.04. The van der Waals surface area contributed by atoms with Gasteiger partial charge in [-0.25, -0.2) is 8.42 Å². The fourth-order valence-electron chi connectivity index (χ4n) is 3.16. The summed E-state index contributed by atoms with van der Waals surface area (Å²) in [5, 5.41) is 12.8. The molecule has 98 valence electrons. The average molecular weight is 267 g/mol. The lowest BCUT2D eigenvalue weighted by molar-refractivity contribution is 0.000102. The number of hydrogen-bond acceptors (Lipinski definition) is 4. The SMILES string of the molecule is O=S(=O)(c1ccccc1)C1CC2CCCC1(O)N2. The van der Waals surface area contributed by atoms with Crippen molar-refractivity contribution in [1.82, 2.24) is 5.32 Å². The van der Waals surface area contributed by atoms with Crippen molar-refractivity contribution < 1.29 is 13.5 Å². The zero-order valence-electron chi connectivity index (χ0n) is 10.0. The zero-order valence-corrected chi connectivity index (χ0v) is 10.9. The Morgan fingerprint density at radius 2 is 2.00 bits per heavy atom. The highest BCUT2D eigenvalue weighted by Gasteiger charge is 2.54. The van der Waals surface area contributed by atoms with Gasteiger partial charge in [0.25, 0.3) is 0 Å². The second-order valence-electron chi connectivity index (χ2n) is 5.24. The van der Waals surface area contributed by atoms with Crippen LogP contribution in [0.5, 0.6) is 0 Å². The predicted octanol–water partition coefficient (Wildman–Crippen LogP) is 1.06. The molecule has 3 unspecified atom stereocenters. The monoisotopic (exact) mass is 267 g/mol. The molecule has 2 fully saturated rings. The molecule has 2 heterocycles. The normalized spacial score (nSPS) is 35.6. The van der Waals surface area contributed by atoms with Crippen molar-refractivity contribution in [1.29, 1.82) is 0 Å². The highest BCUT2D eigenvalue weighted by molar-refractivity contribution is 7.92. The zero-order chi connectivity index (χ0) is 12.8. The van der Waals surface area contributed by atoms with Gasteiger partial charge in [-0.3, -0.25) is 5.32 Å². The third-order valence-corrected chi connectivity index (χ3v) is 6.30. The summed E-state index contributed by atoms with van der Waals surface area (Å²) in [5.74, 6) is 0. The number of piperidine rings is 1. The number of aliphatic hydroxyl groups is 1. The van der Waals surface area contributed by atoms with Gasteiger partial charge in [0, 0.05) is 6.04 Å².